The van der Waals surface area contributed by atoms with E-state index in [-0.39, 0.29) is 35.2 Å². The molecule has 1 aromatic heterocycles. The normalized spacial score (nSPS) is 23.5. The van der Waals surface area contributed by atoms with Crippen LogP contribution in [0.25, 0.3) is 10.9 Å². The second-order valence-corrected chi connectivity index (χ2v) is 15.1. The van der Waals surface area contributed by atoms with Gasteiger partial charge in [-0.1, -0.05) is 18.2 Å². The van der Waals surface area contributed by atoms with Gasteiger partial charge in [0.25, 0.3) is 5.56 Å². The number of hydrogen-bond acceptors (Lipinski definition) is 8. The van der Waals surface area contributed by atoms with Crippen LogP contribution in [0.1, 0.15) is 64.8 Å². The van der Waals surface area contributed by atoms with Crippen molar-refractivity contribution in [1.82, 2.24) is 24.0 Å². The van der Waals surface area contributed by atoms with Crippen LogP contribution in [0.2, 0.25) is 0 Å². The molecule has 0 aliphatic carbocycles. The third-order valence-electron chi connectivity index (χ3n) is 9.78. The second kappa shape index (κ2) is 14.3. The van der Waals surface area contributed by atoms with Crippen molar-refractivity contribution in [3.05, 3.63) is 40.7 Å². The fourth-order valence-corrected chi connectivity index (χ4v) is 8.87. The first-order chi connectivity index (χ1) is 21.1. The molecule has 244 valence electrons. The van der Waals surface area contributed by atoms with Crippen LogP contribution in [-0.4, -0.2) is 110 Å². The van der Waals surface area contributed by atoms with Gasteiger partial charge in [0.2, 0.25) is 10.0 Å². The quantitative estimate of drug-likeness (QED) is 0.379. The van der Waals surface area contributed by atoms with Crippen LogP contribution in [0, 0.1) is 0 Å². The number of fused-ring (bicyclic) bond motifs is 3. The van der Waals surface area contributed by atoms with Crippen molar-refractivity contribution in [2.75, 3.05) is 52.7 Å². The number of hydrogen-bond donors (Lipinski definition) is 1. The third kappa shape index (κ3) is 7.47. The molecule has 5 rings (SSSR count). The smallest absolute Gasteiger partial charge is 0.404 e. The zero-order valence-electron chi connectivity index (χ0n) is 26.6. The Morgan fingerprint density at radius 2 is 1.75 bits per heavy atom. The SMILES string of the molecule is COCCN1CCC(N(C)S(=O)(=O)CCCN2[C@@H]3CC[C@H]2C[C@H](NC(=O)Oc2cc4ccccc4n(C(C)C)c2=O)C3)CC1. The molecule has 12 heteroatoms. The van der Waals surface area contributed by atoms with Crippen molar-refractivity contribution < 1.29 is 22.7 Å². The number of para-hydroxylation sites is 1. The van der Waals surface area contributed by atoms with Gasteiger partial charge in [0.15, 0.2) is 5.75 Å². The Morgan fingerprint density at radius 3 is 2.41 bits per heavy atom. The predicted molar refractivity (Wildman–Crippen MR) is 172 cm³/mol. The van der Waals surface area contributed by atoms with Gasteiger partial charge in [-0.25, -0.2) is 17.5 Å². The number of aromatic nitrogens is 1. The molecule has 0 saturated carbocycles. The highest BCUT2D eigenvalue weighted by Crippen LogP contribution is 2.36. The van der Waals surface area contributed by atoms with Gasteiger partial charge in [-0.15, -0.1) is 0 Å². The lowest BCUT2D eigenvalue weighted by atomic mass is 9.97. The number of carbonyl (C=O) groups excluding carboxylic acids is 1. The number of piperidine rings is 2. The number of pyridine rings is 1. The minimum absolute atomic E-state index is 0.0260. The van der Waals surface area contributed by atoms with Crippen LogP contribution in [0.15, 0.2) is 35.1 Å². The molecular weight excluding hydrogens is 582 g/mol. The molecule has 0 radical (unpaired) electrons. The summed E-state index contributed by atoms with van der Waals surface area (Å²) in [6, 6.07) is 9.75. The first-order valence-corrected chi connectivity index (χ1v) is 17.7. The van der Waals surface area contributed by atoms with Gasteiger partial charge in [0, 0.05) is 56.3 Å². The summed E-state index contributed by atoms with van der Waals surface area (Å²) in [5.74, 6) is 0.176. The van der Waals surface area contributed by atoms with E-state index >= 15 is 0 Å². The number of likely N-dealkylation sites (tertiary alicyclic amines) is 1. The Kier molecular flexibility index (Phi) is 10.7. The number of nitrogens with zero attached hydrogens (tertiary/aromatic N) is 4. The van der Waals surface area contributed by atoms with E-state index in [9.17, 15) is 18.0 Å². The minimum atomic E-state index is -3.33. The number of sulfonamides is 1. The summed E-state index contributed by atoms with van der Waals surface area (Å²) < 4.78 is 40.4. The maximum atomic E-state index is 13.2. The molecule has 1 N–H and O–H groups in total. The van der Waals surface area contributed by atoms with E-state index in [4.69, 9.17) is 9.47 Å². The monoisotopic (exact) mass is 631 g/mol. The van der Waals surface area contributed by atoms with Crippen molar-refractivity contribution in [3.63, 3.8) is 0 Å². The Balaban J connectivity index is 1.10. The van der Waals surface area contributed by atoms with E-state index in [1.165, 1.54) is 0 Å². The van der Waals surface area contributed by atoms with E-state index in [2.05, 4.69) is 15.1 Å². The molecule has 3 aliphatic rings. The molecule has 1 amide bonds. The summed E-state index contributed by atoms with van der Waals surface area (Å²) in [5, 5.41) is 3.85. The molecule has 3 saturated heterocycles. The first-order valence-electron chi connectivity index (χ1n) is 16.1. The van der Waals surface area contributed by atoms with Crippen molar-refractivity contribution in [2.45, 2.75) is 89.0 Å². The highest BCUT2D eigenvalue weighted by molar-refractivity contribution is 7.89. The average Bonchev–Trinajstić information content (AvgIpc) is 3.23. The number of ether oxygens (including phenoxy) is 2. The predicted octanol–water partition coefficient (Wildman–Crippen LogP) is 3.43. The van der Waals surface area contributed by atoms with Gasteiger partial charge >= 0.3 is 6.09 Å². The third-order valence-corrected chi connectivity index (χ3v) is 11.8. The topological polar surface area (TPSA) is 113 Å². The minimum Gasteiger partial charge on any atom is -0.404 e. The summed E-state index contributed by atoms with van der Waals surface area (Å²) in [4.78, 5) is 30.9. The summed E-state index contributed by atoms with van der Waals surface area (Å²) in [6.07, 6.45) is 5.33. The van der Waals surface area contributed by atoms with Crippen molar-refractivity contribution in [2.24, 2.45) is 0 Å². The largest absolute Gasteiger partial charge is 0.413 e. The van der Waals surface area contributed by atoms with Gasteiger partial charge in [-0.05, 0) is 90.6 Å². The maximum Gasteiger partial charge on any atom is 0.413 e. The van der Waals surface area contributed by atoms with Crippen molar-refractivity contribution in [3.8, 4) is 5.75 Å². The lowest BCUT2D eigenvalue weighted by molar-refractivity contribution is 0.113. The molecule has 2 aromatic rings. The Hall–Kier alpha value is -2.51. The Labute approximate surface area is 261 Å². The van der Waals surface area contributed by atoms with Crippen LogP contribution in [-0.2, 0) is 14.8 Å². The van der Waals surface area contributed by atoms with Crippen LogP contribution >= 0.6 is 0 Å². The van der Waals surface area contributed by atoms with Gasteiger partial charge in [0.1, 0.15) is 0 Å². The van der Waals surface area contributed by atoms with Gasteiger partial charge < -0.3 is 24.3 Å². The number of carbonyl (C=O) groups is 1. The highest BCUT2D eigenvalue weighted by Gasteiger charge is 2.41. The van der Waals surface area contributed by atoms with Gasteiger partial charge in [-0.2, -0.15) is 0 Å². The molecule has 3 aliphatic heterocycles. The Morgan fingerprint density at radius 1 is 1.07 bits per heavy atom. The zero-order chi connectivity index (χ0) is 31.4. The van der Waals surface area contributed by atoms with Crippen molar-refractivity contribution >= 4 is 27.0 Å². The van der Waals surface area contributed by atoms with E-state index in [1.807, 2.05) is 38.1 Å². The van der Waals surface area contributed by atoms with E-state index in [0.29, 0.717) is 25.1 Å². The van der Waals surface area contributed by atoms with Crippen LogP contribution < -0.4 is 15.6 Å². The van der Waals surface area contributed by atoms with Crippen LogP contribution in [0.3, 0.4) is 0 Å². The van der Waals surface area contributed by atoms with Crippen molar-refractivity contribution in [1.29, 1.82) is 0 Å². The fourth-order valence-electron chi connectivity index (χ4n) is 7.43. The first kappa shape index (κ1) is 32.9. The molecule has 4 heterocycles. The summed E-state index contributed by atoms with van der Waals surface area (Å²) in [6.45, 7) is 7.98. The van der Waals surface area contributed by atoms with Gasteiger partial charge in [0.05, 0.1) is 17.9 Å². The summed E-state index contributed by atoms with van der Waals surface area (Å²) in [5.41, 5.74) is 0.486. The molecule has 11 nitrogen and oxygen atoms in total. The molecule has 2 bridgehead atoms. The lowest BCUT2D eigenvalue weighted by Gasteiger charge is -2.39. The molecule has 1 aromatic carbocycles. The second-order valence-electron chi connectivity index (χ2n) is 12.9. The molecule has 44 heavy (non-hydrogen) atoms. The van der Waals surface area contributed by atoms with Crippen LogP contribution in [0.4, 0.5) is 4.79 Å². The molecule has 3 atom stereocenters. The standard InChI is InChI=1S/C32H49N5O6S/c1-23(2)37-29-9-6-5-8-24(29)20-30(31(37)38)43-32(39)33-25-21-27-10-11-28(22-25)36(27)14-7-19-44(40,41)34(3)26-12-15-35(16-13-26)17-18-42-4/h5-6,8-9,20,23,25-28H,7,10-19,21-22H2,1-4H3,(H,33,39)/t25-,27-,28+. The zero-order valence-corrected chi connectivity index (χ0v) is 27.4. The van der Waals surface area contributed by atoms with Crippen LogP contribution in [0.5, 0.6) is 5.75 Å². The fraction of sp³-hybridized carbons (Fsp3) is 0.688. The Bertz CT molecular complexity index is 1440. The van der Waals surface area contributed by atoms with Gasteiger partial charge in [-0.3, -0.25) is 9.69 Å². The number of rotatable bonds is 12. The highest BCUT2D eigenvalue weighted by atomic mass is 32.2. The van der Waals surface area contributed by atoms with E-state index in [1.54, 1.807) is 29.1 Å². The number of methoxy groups -OCH3 is 1. The van der Waals surface area contributed by atoms with E-state index < -0.39 is 16.1 Å². The molecule has 0 spiro atoms. The lowest BCUT2D eigenvalue weighted by Crippen LogP contribution is -2.51. The molecule has 3 fully saturated rings. The number of amides is 1. The number of nitrogens with one attached hydrogen (secondary N) is 1. The molecule has 0 unspecified atom stereocenters. The summed E-state index contributed by atoms with van der Waals surface area (Å²) in [7, 11) is 0.110. The molecular formula is C32H49N5O6S. The maximum absolute atomic E-state index is 13.2. The average molecular weight is 632 g/mol. The summed E-state index contributed by atoms with van der Waals surface area (Å²) >= 11 is 0. The number of benzene rings is 1. The van der Waals surface area contributed by atoms with E-state index in [0.717, 1.165) is 75.6 Å².